The van der Waals surface area contributed by atoms with Crippen molar-refractivity contribution in [3.8, 4) is 0 Å². The summed E-state index contributed by atoms with van der Waals surface area (Å²) in [6, 6.07) is 5.02. The van der Waals surface area contributed by atoms with E-state index >= 15 is 0 Å². The highest BCUT2D eigenvalue weighted by Crippen LogP contribution is 2.30. The lowest BCUT2D eigenvalue weighted by Crippen LogP contribution is -2.43. The van der Waals surface area contributed by atoms with Crippen LogP contribution in [0.25, 0.3) is 0 Å². The fourth-order valence-corrected chi connectivity index (χ4v) is 3.31. The minimum atomic E-state index is -0.419. The van der Waals surface area contributed by atoms with Crippen molar-refractivity contribution in [1.29, 1.82) is 0 Å². The zero-order valence-corrected chi connectivity index (χ0v) is 14.5. The van der Waals surface area contributed by atoms with Gasteiger partial charge in [0.1, 0.15) is 0 Å². The number of nitrogens with zero attached hydrogens (tertiary/aromatic N) is 1. The van der Waals surface area contributed by atoms with E-state index in [9.17, 15) is 9.59 Å². The van der Waals surface area contributed by atoms with Crippen molar-refractivity contribution < 1.29 is 19.1 Å². The van der Waals surface area contributed by atoms with Crippen LogP contribution in [-0.2, 0) is 9.47 Å². The van der Waals surface area contributed by atoms with Crippen molar-refractivity contribution in [1.82, 2.24) is 5.32 Å². The Morgan fingerprint density at radius 2 is 2.04 bits per heavy atom. The average molecular weight is 347 g/mol. The number of carbonyl (C=O) groups excluding carboxylic acids is 2. The molecule has 7 heteroatoms. The number of rotatable bonds is 4. The summed E-state index contributed by atoms with van der Waals surface area (Å²) in [5.41, 5.74) is 1.97. The maximum atomic E-state index is 12.4. The van der Waals surface area contributed by atoms with Gasteiger partial charge >= 0.3 is 12.0 Å². The van der Waals surface area contributed by atoms with Gasteiger partial charge in [-0.3, -0.25) is 0 Å². The highest BCUT2D eigenvalue weighted by molar-refractivity contribution is 5.97. The molecular formula is C18H25N3O4. The average Bonchev–Trinajstić information content (AvgIpc) is 3.16. The summed E-state index contributed by atoms with van der Waals surface area (Å²) in [5.74, 6) is -0.419. The number of hydrogen-bond donors (Lipinski definition) is 2. The maximum Gasteiger partial charge on any atom is 0.337 e. The molecule has 1 aromatic rings. The molecule has 2 heterocycles. The van der Waals surface area contributed by atoms with E-state index < -0.39 is 5.97 Å². The zero-order chi connectivity index (χ0) is 17.6. The van der Waals surface area contributed by atoms with E-state index in [1.165, 1.54) is 7.11 Å². The predicted molar refractivity (Wildman–Crippen MR) is 95.2 cm³/mol. The normalized spacial score (nSPS) is 20.2. The van der Waals surface area contributed by atoms with Crippen LogP contribution in [0.5, 0.6) is 0 Å². The molecule has 1 aromatic carbocycles. The number of amides is 2. The van der Waals surface area contributed by atoms with E-state index in [1.807, 2.05) is 6.07 Å². The number of carbonyl (C=O) groups is 2. The molecule has 0 saturated carbocycles. The number of esters is 1. The molecule has 3 rings (SSSR count). The Bertz CT molecular complexity index is 623. The third kappa shape index (κ3) is 4.42. The quantitative estimate of drug-likeness (QED) is 0.818. The van der Waals surface area contributed by atoms with E-state index in [-0.39, 0.29) is 12.1 Å². The maximum absolute atomic E-state index is 12.4. The van der Waals surface area contributed by atoms with E-state index in [0.717, 1.165) is 51.1 Å². The molecular weight excluding hydrogens is 322 g/mol. The van der Waals surface area contributed by atoms with E-state index in [4.69, 9.17) is 9.47 Å². The van der Waals surface area contributed by atoms with Gasteiger partial charge in [0.05, 0.1) is 36.7 Å². The number of anilines is 2. The Hall–Kier alpha value is -2.28. The molecule has 25 heavy (non-hydrogen) atoms. The van der Waals surface area contributed by atoms with Gasteiger partial charge in [0.15, 0.2) is 0 Å². The molecule has 136 valence electrons. The Labute approximate surface area is 147 Å². The van der Waals surface area contributed by atoms with Crippen molar-refractivity contribution in [3.63, 3.8) is 0 Å². The molecule has 2 aliphatic heterocycles. The van der Waals surface area contributed by atoms with Gasteiger partial charge in [0.2, 0.25) is 0 Å². The molecule has 0 spiro atoms. The Balaban J connectivity index is 1.75. The molecule has 2 N–H and O–H groups in total. The first-order chi connectivity index (χ1) is 12.2. The lowest BCUT2D eigenvalue weighted by molar-refractivity contribution is 0.0600. The summed E-state index contributed by atoms with van der Waals surface area (Å²) in [7, 11) is 1.35. The van der Waals surface area contributed by atoms with Crippen LogP contribution < -0.4 is 15.5 Å². The molecule has 0 bridgehead atoms. The summed E-state index contributed by atoms with van der Waals surface area (Å²) in [6.45, 7) is 3.18. The summed E-state index contributed by atoms with van der Waals surface area (Å²) in [6.07, 6.45) is 4.12. The Morgan fingerprint density at radius 1 is 1.24 bits per heavy atom. The Kier molecular flexibility index (Phi) is 5.75. The van der Waals surface area contributed by atoms with E-state index in [1.54, 1.807) is 12.1 Å². The van der Waals surface area contributed by atoms with Crippen LogP contribution in [0.1, 0.15) is 36.0 Å². The van der Waals surface area contributed by atoms with Crippen LogP contribution in [0.2, 0.25) is 0 Å². The molecule has 0 aromatic heterocycles. The van der Waals surface area contributed by atoms with Crippen molar-refractivity contribution in [3.05, 3.63) is 23.8 Å². The third-order valence-corrected chi connectivity index (χ3v) is 4.61. The van der Waals surface area contributed by atoms with Crippen molar-refractivity contribution in [2.45, 2.75) is 31.7 Å². The fraction of sp³-hybridized carbons (Fsp3) is 0.556. The molecule has 0 unspecified atom stereocenters. The molecule has 2 aliphatic rings. The van der Waals surface area contributed by atoms with Crippen LogP contribution in [-0.4, -0.2) is 51.5 Å². The highest BCUT2D eigenvalue weighted by Gasteiger charge is 2.21. The molecule has 0 radical (unpaired) electrons. The third-order valence-electron chi connectivity index (χ3n) is 4.61. The topological polar surface area (TPSA) is 79.9 Å². The first-order valence-electron chi connectivity index (χ1n) is 8.80. The summed E-state index contributed by atoms with van der Waals surface area (Å²) >= 11 is 0. The molecule has 2 amide bonds. The molecule has 7 nitrogen and oxygen atoms in total. The van der Waals surface area contributed by atoms with Crippen molar-refractivity contribution in [2.24, 2.45) is 0 Å². The second-order valence-corrected chi connectivity index (χ2v) is 6.43. The standard InChI is InChI=1S/C18H25N3O4/c1-24-17(22)13-6-7-16(21-8-2-3-9-21)15(11-13)20-18(23)19-14-5-4-10-25-12-14/h6-7,11,14H,2-5,8-10,12H2,1H3,(H2,19,20,23)/t14-/m1/s1. The highest BCUT2D eigenvalue weighted by atomic mass is 16.5. The minimum Gasteiger partial charge on any atom is -0.465 e. The van der Waals surface area contributed by atoms with Crippen LogP contribution in [0.3, 0.4) is 0 Å². The van der Waals surface area contributed by atoms with Gasteiger partial charge in [-0.25, -0.2) is 9.59 Å². The number of benzene rings is 1. The number of hydrogen-bond acceptors (Lipinski definition) is 5. The van der Waals surface area contributed by atoms with Gasteiger partial charge < -0.3 is 25.0 Å². The summed E-state index contributed by atoms with van der Waals surface area (Å²) < 4.78 is 10.2. The lowest BCUT2D eigenvalue weighted by atomic mass is 10.1. The zero-order valence-electron chi connectivity index (χ0n) is 14.5. The van der Waals surface area contributed by atoms with Gasteiger partial charge in [-0.2, -0.15) is 0 Å². The van der Waals surface area contributed by atoms with Gasteiger partial charge in [0, 0.05) is 19.7 Å². The number of nitrogens with one attached hydrogen (secondary N) is 2. The van der Waals surface area contributed by atoms with Crippen LogP contribution in [0.4, 0.5) is 16.2 Å². The number of urea groups is 1. The van der Waals surface area contributed by atoms with Gasteiger partial charge in [-0.15, -0.1) is 0 Å². The molecule has 1 atom stereocenters. The first kappa shape index (κ1) is 17.5. The lowest BCUT2D eigenvalue weighted by Gasteiger charge is -2.25. The van der Waals surface area contributed by atoms with Crippen LogP contribution in [0, 0.1) is 0 Å². The van der Waals surface area contributed by atoms with Gasteiger partial charge in [-0.05, 0) is 43.9 Å². The summed E-state index contributed by atoms with van der Waals surface area (Å²) in [5, 5.41) is 5.84. The van der Waals surface area contributed by atoms with Crippen molar-refractivity contribution >= 4 is 23.4 Å². The monoisotopic (exact) mass is 347 g/mol. The predicted octanol–water partition coefficient (Wildman–Crippen LogP) is 2.37. The molecule has 2 saturated heterocycles. The fourth-order valence-electron chi connectivity index (χ4n) is 3.31. The largest absolute Gasteiger partial charge is 0.465 e. The van der Waals surface area contributed by atoms with Crippen molar-refractivity contribution in [2.75, 3.05) is 43.6 Å². The molecule has 2 fully saturated rings. The Morgan fingerprint density at radius 3 is 2.72 bits per heavy atom. The smallest absolute Gasteiger partial charge is 0.337 e. The minimum absolute atomic E-state index is 0.0211. The SMILES string of the molecule is COC(=O)c1ccc(N2CCCC2)c(NC(=O)N[C@@H]2CCCOC2)c1. The van der Waals surface area contributed by atoms with Gasteiger partial charge in [-0.1, -0.05) is 0 Å². The second-order valence-electron chi connectivity index (χ2n) is 6.43. The number of methoxy groups -OCH3 is 1. The summed E-state index contributed by atoms with van der Waals surface area (Å²) in [4.78, 5) is 26.4. The van der Waals surface area contributed by atoms with E-state index in [2.05, 4.69) is 15.5 Å². The van der Waals surface area contributed by atoms with Gasteiger partial charge in [0.25, 0.3) is 0 Å². The van der Waals surface area contributed by atoms with E-state index in [0.29, 0.717) is 17.9 Å². The number of ether oxygens (including phenoxy) is 2. The van der Waals surface area contributed by atoms with Crippen LogP contribution >= 0.6 is 0 Å². The van der Waals surface area contributed by atoms with Crippen LogP contribution in [0.15, 0.2) is 18.2 Å². The molecule has 0 aliphatic carbocycles. The second kappa shape index (κ2) is 8.20. The first-order valence-corrected chi connectivity index (χ1v) is 8.80.